The number of rotatable bonds is 1. The molecule has 1 aromatic carbocycles. The Morgan fingerprint density at radius 1 is 1.29 bits per heavy atom. The number of para-hydroxylation sites is 1. The minimum absolute atomic E-state index is 0.133. The average molecular weight is 227 g/mol. The molecule has 0 aliphatic carbocycles. The molecule has 86 valence electrons. The zero-order valence-corrected chi connectivity index (χ0v) is 9.90. The number of aromatic nitrogens is 2. The summed E-state index contributed by atoms with van der Waals surface area (Å²) in [6.07, 6.45) is 3.53. The first-order valence-corrected chi connectivity index (χ1v) is 5.70. The highest BCUT2D eigenvalue weighted by molar-refractivity contribution is 6.64. The third-order valence-corrected chi connectivity index (χ3v) is 3.06. The predicted molar refractivity (Wildman–Crippen MR) is 67.2 cm³/mol. The van der Waals surface area contributed by atoms with Gasteiger partial charge in [0.2, 0.25) is 0 Å². The number of hydrogen-bond donors (Lipinski definition) is 2. The lowest BCUT2D eigenvalue weighted by Crippen LogP contribution is -2.61. The fourth-order valence-corrected chi connectivity index (χ4v) is 2.19. The average Bonchev–Trinajstić information content (AvgIpc) is 2.81. The van der Waals surface area contributed by atoms with Crippen molar-refractivity contribution in [3.05, 3.63) is 42.2 Å². The fraction of sp³-hybridized carbons (Fsp3) is 0.250. The Labute approximate surface area is 101 Å². The summed E-state index contributed by atoms with van der Waals surface area (Å²) in [5, 5.41) is 3.44. The van der Waals surface area contributed by atoms with E-state index in [9.17, 15) is 0 Å². The summed E-state index contributed by atoms with van der Waals surface area (Å²) in [5.74, 6) is 0.914. The maximum Gasteiger partial charge on any atom is 0.520 e. The van der Waals surface area contributed by atoms with Gasteiger partial charge in [0.15, 0.2) is 0 Å². The van der Waals surface area contributed by atoms with E-state index in [-0.39, 0.29) is 12.6 Å². The van der Waals surface area contributed by atoms with Gasteiger partial charge < -0.3 is 14.9 Å². The molecule has 0 radical (unpaired) electrons. The van der Waals surface area contributed by atoms with Crippen molar-refractivity contribution in [3.8, 4) is 5.75 Å². The molecule has 4 nitrogen and oxygen atoms in total. The standard InChI is InChI=1S/C12H14BN3O/c1-12(2)9-5-3-4-6-10(9)17-13(16-12)11-14-7-8-15-11/h3-8,16H,1-2H3,(H,14,15). The summed E-state index contributed by atoms with van der Waals surface area (Å²) in [6.45, 7) is 4.29. The van der Waals surface area contributed by atoms with Gasteiger partial charge in [-0.25, -0.2) is 4.98 Å². The molecule has 3 rings (SSSR count). The maximum absolute atomic E-state index is 5.91. The minimum atomic E-state index is -0.227. The number of nitrogens with zero attached hydrogens (tertiary/aromatic N) is 1. The lowest BCUT2D eigenvalue weighted by molar-refractivity contribution is 0.397. The lowest BCUT2D eigenvalue weighted by Gasteiger charge is -2.36. The molecule has 2 heterocycles. The van der Waals surface area contributed by atoms with Crippen molar-refractivity contribution in [1.82, 2.24) is 15.2 Å². The van der Waals surface area contributed by atoms with Gasteiger partial charge in [-0.05, 0) is 19.9 Å². The van der Waals surface area contributed by atoms with Gasteiger partial charge in [0.1, 0.15) is 11.5 Å². The molecule has 0 atom stereocenters. The summed E-state index contributed by atoms with van der Waals surface area (Å²) >= 11 is 0. The van der Waals surface area contributed by atoms with Crippen molar-refractivity contribution in [2.75, 3.05) is 0 Å². The largest absolute Gasteiger partial charge is 0.540 e. The van der Waals surface area contributed by atoms with Crippen LogP contribution in [0.1, 0.15) is 19.4 Å². The van der Waals surface area contributed by atoms with E-state index in [0.29, 0.717) is 0 Å². The minimum Gasteiger partial charge on any atom is -0.540 e. The quantitative estimate of drug-likeness (QED) is 0.715. The molecular weight excluding hydrogens is 213 g/mol. The van der Waals surface area contributed by atoms with E-state index in [0.717, 1.165) is 11.5 Å². The van der Waals surface area contributed by atoms with Gasteiger partial charge in [-0.2, -0.15) is 0 Å². The van der Waals surface area contributed by atoms with E-state index in [1.54, 1.807) is 12.4 Å². The molecule has 1 aliphatic heterocycles. The number of H-pyrrole nitrogens is 1. The molecule has 0 unspecified atom stereocenters. The summed E-state index contributed by atoms with van der Waals surface area (Å²) < 4.78 is 5.91. The Morgan fingerprint density at radius 2 is 2.12 bits per heavy atom. The summed E-state index contributed by atoms with van der Waals surface area (Å²) in [7, 11) is -0.227. The molecule has 0 saturated heterocycles. The normalized spacial score (nSPS) is 17.4. The number of aromatic amines is 1. The molecule has 1 aromatic heterocycles. The first-order valence-electron chi connectivity index (χ1n) is 5.70. The number of hydrogen-bond acceptors (Lipinski definition) is 3. The molecule has 0 amide bonds. The number of fused-ring (bicyclic) bond motifs is 1. The third-order valence-electron chi connectivity index (χ3n) is 3.06. The molecule has 0 saturated carbocycles. The maximum atomic E-state index is 5.91. The van der Waals surface area contributed by atoms with E-state index < -0.39 is 0 Å². The van der Waals surface area contributed by atoms with Crippen molar-refractivity contribution in [2.24, 2.45) is 0 Å². The SMILES string of the molecule is CC1(C)NB(c2ncc[nH]2)Oc2ccccc21. The fourth-order valence-electron chi connectivity index (χ4n) is 2.19. The van der Waals surface area contributed by atoms with E-state index in [2.05, 4.69) is 35.1 Å². The van der Waals surface area contributed by atoms with Crippen LogP contribution in [0, 0.1) is 0 Å². The summed E-state index contributed by atoms with van der Waals surface area (Å²) in [5.41, 5.74) is 1.84. The first kappa shape index (κ1) is 10.4. The van der Waals surface area contributed by atoms with Crippen molar-refractivity contribution in [3.63, 3.8) is 0 Å². The van der Waals surface area contributed by atoms with E-state index >= 15 is 0 Å². The second-order valence-electron chi connectivity index (χ2n) is 4.74. The number of nitrogens with one attached hydrogen (secondary N) is 2. The predicted octanol–water partition coefficient (Wildman–Crippen LogP) is 1.02. The van der Waals surface area contributed by atoms with Gasteiger partial charge in [0.05, 0.1) is 0 Å². The number of benzene rings is 1. The zero-order chi connectivity index (χ0) is 11.9. The molecule has 2 aromatic rings. The zero-order valence-electron chi connectivity index (χ0n) is 9.90. The smallest absolute Gasteiger partial charge is 0.520 e. The van der Waals surface area contributed by atoms with Crippen LogP contribution >= 0.6 is 0 Å². The van der Waals surface area contributed by atoms with E-state index in [1.165, 1.54) is 5.56 Å². The van der Waals surface area contributed by atoms with Gasteiger partial charge in [-0.15, -0.1) is 0 Å². The van der Waals surface area contributed by atoms with Crippen molar-refractivity contribution in [1.29, 1.82) is 0 Å². The highest BCUT2D eigenvalue weighted by Gasteiger charge is 2.39. The van der Waals surface area contributed by atoms with E-state index in [1.807, 2.05) is 18.2 Å². The van der Waals surface area contributed by atoms with Crippen LogP contribution in [0.2, 0.25) is 0 Å². The van der Waals surface area contributed by atoms with Gasteiger partial charge in [0, 0.05) is 23.5 Å². The van der Waals surface area contributed by atoms with Crippen LogP contribution in [0.3, 0.4) is 0 Å². The Kier molecular flexibility index (Phi) is 2.23. The van der Waals surface area contributed by atoms with Gasteiger partial charge in [-0.1, -0.05) is 18.2 Å². The van der Waals surface area contributed by atoms with Crippen LogP contribution in [-0.2, 0) is 5.54 Å². The van der Waals surface area contributed by atoms with Crippen LogP contribution < -0.4 is 15.6 Å². The van der Waals surface area contributed by atoms with Crippen molar-refractivity contribution < 1.29 is 4.65 Å². The van der Waals surface area contributed by atoms with E-state index in [4.69, 9.17) is 4.65 Å². The van der Waals surface area contributed by atoms with Gasteiger partial charge in [0.25, 0.3) is 0 Å². The monoisotopic (exact) mass is 227 g/mol. The van der Waals surface area contributed by atoms with Gasteiger partial charge >= 0.3 is 7.05 Å². The topological polar surface area (TPSA) is 49.9 Å². The molecule has 1 aliphatic rings. The Balaban J connectivity index is 2.02. The summed E-state index contributed by atoms with van der Waals surface area (Å²) in [6, 6.07) is 8.09. The first-order chi connectivity index (χ1) is 8.17. The Bertz CT molecular complexity index is 524. The molecule has 17 heavy (non-hydrogen) atoms. The van der Waals surface area contributed by atoms with Crippen LogP contribution in [0.15, 0.2) is 36.7 Å². The van der Waals surface area contributed by atoms with Gasteiger partial charge in [-0.3, -0.25) is 0 Å². The van der Waals surface area contributed by atoms with Crippen molar-refractivity contribution in [2.45, 2.75) is 19.4 Å². The van der Waals surface area contributed by atoms with Crippen LogP contribution in [0.5, 0.6) is 5.75 Å². The molecule has 5 heteroatoms. The molecule has 0 bridgehead atoms. The van der Waals surface area contributed by atoms with Crippen LogP contribution in [0.4, 0.5) is 0 Å². The molecule has 0 spiro atoms. The lowest BCUT2D eigenvalue weighted by atomic mass is 9.73. The van der Waals surface area contributed by atoms with Crippen LogP contribution in [0.25, 0.3) is 0 Å². The Morgan fingerprint density at radius 3 is 2.88 bits per heavy atom. The molecule has 0 fully saturated rings. The summed E-state index contributed by atoms with van der Waals surface area (Å²) in [4.78, 5) is 7.31. The third kappa shape index (κ3) is 1.72. The Hall–Kier alpha value is -1.75. The highest BCUT2D eigenvalue weighted by atomic mass is 16.4. The van der Waals surface area contributed by atoms with Crippen LogP contribution in [-0.4, -0.2) is 17.0 Å². The molecule has 2 N–H and O–H groups in total. The second-order valence-corrected chi connectivity index (χ2v) is 4.74. The highest BCUT2D eigenvalue weighted by Crippen LogP contribution is 2.32. The van der Waals surface area contributed by atoms with Crippen molar-refractivity contribution >= 4 is 12.8 Å². The molecular formula is C12H14BN3O. The number of imidazole rings is 1. The second kappa shape index (κ2) is 3.63.